The zero-order valence-electron chi connectivity index (χ0n) is 16.1. The van der Waals surface area contributed by atoms with Crippen molar-refractivity contribution in [2.24, 2.45) is 0 Å². The van der Waals surface area contributed by atoms with E-state index < -0.39 is 0 Å². The SMILES string of the molecule is COc1cc(OC)cc(C(=O)Nc2cc(-c3ccc(OC)nn3)ccc2C)c1. The normalized spacial score (nSPS) is 10.3. The monoisotopic (exact) mass is 379 g/mol. The van der Waals surface area contributed by atoms with Crippen LogP contribution in [-0.4, -0.2) is 37.4 Å². The average Bonchev–Trinajstić information content (AvgIpc) is 2.74. The summed E-state index contributed by atoms with van der Waals surface area (Å²) in [5.41, 5.74) is 3.55. The molecular weight excluding hydrogens is 358 g/mol. The molecule has 144 valence electrons. The molecule has 0 aliphatic heterocycles. The molecule has 0 aliphatic carbocycles. The number of ether oxygens (including phenoxy) is 3. The van der Waals surface area contributed by atoms with Crippen molar-refractivity contribution in [3.63, 3.8) is 0 Å². The maximum atomic E-state index is 12.8. The Balaban J connectivity index is 1.88. The van der Waals surface area contributed by atoms with Gasteiger partial charge in [-0.05, 0) is 36.8 Å². The lowest BCUT2D eigenvalue weighted by molar-refractivity contribution is 0.102. The Kier molecular flexibility index (Phi) is 5.74. The van der Waals surface area contributed by atoms with Crippen molar-refractivity contribution >= 4 is 11.6 Å². The van der Waals surface area contributed by atoms with Gasteiger partial charge in [0.25, 0.3) is 5.91 Å². The van der Waals surface area contributed by atoms with E-state index in [0.717, 1.165) is 11.1 Å². The smallest absolute Gasteiger partial charge is 0.255 e. The number of hydrogen-bond donors (Lipinski definition) is 1. The number of aryl methyl sites for hydroxylation is 1. The minimum absolute atomic E-state index is 0.265. The van der Waals surface area contributed by atoms with Gasteiger partial charge in [0.1, 0.15) is 11.5 Å². The van der Waals surface area contributed by atoms with Crippen LogP contribution in [0.25, 0.3) is 11.3 Å². The second kappa shape index (κ2) is 8.39. The van der Waals surface area contributed by atoms with E-state index in [1.807, 2.05) is 31.2 Å². The number of carbonyl (C=O) groups excluding carboxylic acids is 1. The largest absolute Gasteiger partial charge is 0.497 e. The van der Waals surface area contributed by atoms with Gasteiger partial charge in [0.05, 0.1) is 27.0 Å². The first kappa shape index (κ1) is 19.2. The molecule has 0 saturated heterocycles. The van der Waals surface area contributed by atoms with E-state index in [9.17, 15) is 4.79 Å². The Hall–Kier alpha value is -3.61. The van der Waals surface area contributed by atoms with E-state index in [2.05, 4.69) is 15.5 Å². The molecule has 1 heterocycles. The lowest BCUT2D eigenvalue weighted by atomic mass is 10.1. The van der Waals surface area contributed by atoms with Crippen LogP contribution in [0, 0.1) is 6.92 Å². The molecule has 3 rings (SSSR count). The summed E-state index contributed by atoms with van der Waals surface area (Å²) in [6, 6.07) is 14.3. The van der Waals surface area contributed by atoms with E-state index >= 15 is 0 Å². The summed E-state index contributed by atoms with van der Waals surface area (Å²) in [6.07, 6.45) is 0. The molecule has 7 nitrogen and oxygen atoms in total. The molecule has 2 aromatic carbocycles. The van der Waals surface area contributed by atoms with Crippen molar-refractivity contribution in [2.75, 3.05) is 26.6 Å². The van der Waals surface area contributed by atoms with E-state index in [-0.39, 0.29) is 5.91 Å². The highest BCUT2D eigenvalue weighted by molar-refractivity contribution is 6.05. The molecule has 0 unspecified atom stereocenters. The fourth-order valence-corrected chi connectivity index (χ4v) is 2.63. The van der Waals surface area contributed by atoms with Gasteiger partial charge in [-0.25, -0.2) is 0 Å². The molecule has 28 heavy (non-hydrogen) atoms. The predicted molar refractivity (Wildman–Crippen MR) is 106 cm³/mol. The fraction of sp³-hybridized carbons (Fsp3) is 0.190. The molecule has 0 saturated carbocycles. The first-order valence-electron chi connectivity index (χ1n) is 8.57. The van der Waals surface area contributed by atoms with Crippen molar-refractivity contribution in [3.05, 3.63) is 59.7 Å². The highest BCUT2D eigenvalue weighted by Gasteiger charge is 2.13. The summed E-state index contributed by atoms with van der Waals surface area (Å²) in [5.74, 6) is 1.27. The van der Waals surface area contributed by atoms with Gasteiger partial charge in [0.15, 0.2) is 0 Å². The highest BCUT2D eigenvalue weighted by atomic mass is 16.5. The molecule has 0 atom stereocenters. The zero-order chi connectivity index (χ0) is 20.1. The Morgan fingerprint density at radius 3 is 2.14 bits per heavy atom. The van der Waals surface area contributed by atoms with Crippen LogP contribution >= 0.6 is 0 Å². The maximum absolute atomic E-state index is 12.8. The molecule has 0 radical (unpaired) electrons. The van der Waals surface area contributed by atoms with E-state index in [1.54, 1.807) is 38.5 Å². The van der Waals surface area contributed by atoms with Crippen molar-refractivity contribution in [2.45, 2.75) is 6.92 Å². The molecule has 0 bridgehead atoms. The number of hydrogen-bond acceptors (Lipinski definition) is 6. The molecular formula is C21H21N3O4. The first-order chi connectivity index (χ1) is 13.5. The number of carbonyl (C=O) groups is 1. The van der Waals surface area contributed by atoms with Gasteiger partial charge >= 0.3 is 0 Å². The number of methoxy groups -OCH3 is 3. The fourth-order valence-electron chi connectivity index (χ4n) is 2.63. The average molecular weight is 379 g/mol. The number of benzene rings is 2. The highest BCUT2D eigenvalue weighted by Crippen LogP contribution is 2.27. The van der Waals surface area contributed by atoms with Gasteiger partial charge in [-0.1, -0.05) is 12.1 Å². The summed E-state index contributed by atoms with van der Waals surface area (Å²) in [4.78, 5) is 12.8. The number of nitrogens with zero attached hydrogens (tertiary/aromatic N) is 2. The molecule has 0 aliphatic rings. The van der Waals surface area contributed by atoms with Gasteiger partial charge in [-0.3, -0.25) is 4.79 Å². The van der Waals surface area contributed by atoms with Crippen molar-refractivity contribution in [1.29, 1.82) is 0 Å². The summed E-state index contributed by atoms with van der Waals surface area (Å²) >= 11 is 0. The van der Waals surface area contributed by atoms with Crippen LogP contribution in [0.4, 0.5) is 5.69 Å². The lowest BCUT2D eigenvalue weighted by Crippen LogP contribution is -2.13. The third kappa shape index (κ3) is 4.20. The van der Waals surface area contributed by atoms with Crippen LogP contribution in [0.2, 0.25) is 0 Å². The summed E-state index contributed by atoms with van der Waals surface area (Å²) in [5, 5.41) is 11.1. The Bertz CT molecular complexity index is 965. The Morgan fingerprint density at radius 1 is 0.857 bits per heavy atom. The van der Waals surface area contributed by atoms with Gasteiger partial charge in [0, 0.05) is 28.9 Å². The van der Waals surface area contributed by atoms with E-state index in [0.29, 0.717) is 34.3 Å². The van der Waals surface area contributed by atoms with Crippen molar-refractivity contribution < 1.29 is 19.0 Å². The first-order valence-corrected chi connectivity index (χ1v) is 8.57. The summed E-state index contributed by atoms with van der Waals surface area (Å²) in [7, 11) is 4.62. The molecule has 1 amide bonds. The number of anilines is 1. The van der Waals surface area contributed by atoms with Crippen LogP contribution in [0.5, 0.6) is 17.4 Å². The van der Waals surface area contributed by atoms with E-state index in [1.165, 1.54) is 7.11 Å². The molecule has 1 N–H and O–H groups in total. The number of rotatable bonds is 6. The van der Waals surface area contributed by atoms with Gasteiger partial charge in [-0.15, -0.1) is 10.2 Å². The minimum atomic E-state index is -0.265. The number of nitrogens with one attached hydrogen (secondary N) is 1. The standard InChI is InChI=1S/C21H21N3O4/c1-13-5-6-14(18-7-8-20(28-4)24-23-18)11-19(13)22-21(25)15-9-16(26-2)12-17(10-15)27-3/h5-12H,1-4H3,(H,22,25). The molecule has 0 fully saturated rings. The third-order valence-electron chi connectivity index (χ3n) is 4.24. The predicted octanol–water partition coefficient (Wildman–Crippen LogP) is 3.73. The molecule has 1 aromatic heterocycles. The summed E-state index contributed by atoms with van der Waals surface area (Å²) in [6.45, 7) is 1.92. The van der Waals surface area contributed by atoms with Crippen LogP contribution < -0.4 is 19.5 Å². The Morgan fingerprint density at radius 2 is 1.57 bits per heavy atom. The maximum Gasteiger partial charge on any atom is 0.255 e. The van der Waals surface area contributed by atoms with E-state index in [4.69, 9.17) is 14.2 Å². The summed E-state index contributed by atoms with van der Waals surface area (Å²) < 4.78 is 15.5. The number of amides is 1. The zero-order valence-corrected chi connectivity index (χ0v) is 16.1. The van der Waals surface area contributed by atoms with Gasteiger partial charge in [-0.2, -0.15) is 0 Å². The second-order valence-corrected chi connectivity index (χ2v) is 6.05. The molecule has 7 heteroatoms. The Labute approximate surface area is 163 Å². The molecule has 0 spiro atoms. The quantitative estimate of drug-likeness (QED) is 0.703. The number of aromatic nitrogens is 2. The van der Waals surface area contributed by atoms with Gasteiger partial charge < -0.3 is 19.5 Å². The van der Waals surface area contributed by atoms with Crippen LogP contribution in [0.15, 0.2) is 48.5 Å². The molecule has 3 aromatic rings. The van der Waals surface area contributed by atoms with Gasteiger partial charge in [0.2, 0.25) is 5.88 Å². The lowest BCUT2D eigenvalue weighted by Gasteiger charge is -2.12. The minimum Gasteiger partial charge on any atom is -0.497 e. The van der Waals surface area contributed by atoms with Crippen LogP contribution in [0.1, 0.15) is 15.9 Å². The second-order valence-electron chi connectivity index (χ2n) is 6.05. The topological polar surface area (TPSA) is 82.6 Å². The van der Waals surface area contributed by atoms with Crippen LogP contribution in [-0.2, 0) is 0 Å². The third-order valence-corrected chi connectivity index (χ3v) is 4.24. The van der Waals surface area contributed by atoms with Crippen molar-refractivity contribution in [1.82, 2.24) is 10.2 Å². The van der Waals surface area contributed by atoms with Crippen LogP contribution in [0.3, 0.4) is 0 Å². The van der Waals surface area contributed by atoms with Crippen molar-refractivity contribution in [3.8, 4) is 28.6 Å².